The van der Waals surface area contributed by atoms with Gasteiger partial charge in [-0.1, -0.05) is 0 Å². The molecule has 0 aliphatic heterocycles. The molecular weight excluding hydrogens is 296 g/mol. The fourth-order valence-electron chi connectivity index (χ4n) is 2.34. The molecule has 0 atom stereocenters. The van der Waals surface area contributed by atoms with Gasteiger partial charge in [-0.25, -0.2) is 18.7 Å². The van der Waals surface area contributed by atoms with Crippen molar-refractivity contribution in [3.8, 4) is 0 Å². The topological polar surface area (TPSA) is 30.7 Å². The second-order valence-electron chi connectivity index (χ2n) is 4.69. The van der Waals surface area contributed by atoms with Crippen molar-refractivity contribution in [2.75, 3.05) is 0 Å². The van der Waals surface area contributed by atoms with Crippen molar-refractivity contribution in [1.82, 2.24) is 14.5 Å². The van der Waals surface area contributed by atoms with Crippen LogP contribution < -0.4 is 0 Å². The van der Waals surface area contributed by atoms with Crippen LogP contribution in [0.3, 0.4) is 0 Å². The summed E-state index contributed by atoms with van der Waals surface area (Å²) in [4.78, 5) is 8.69. The van der Waals surface area contributed by atoms with Crippen LogP contribution in [0.15, 0.2) is 36.5 Å². The SMILES string of the molecule is Fc1cc(F)cc(CCn2c(CCl)nc3cccnc32)c1. The van der Waals surface area contributed by atoms with Gasteiger partial charge in [0.05, 0.1) is 5.88 Å². The van der Waals surface area contributed by atoms with Crippen LogP contribution in [0.4, 0.5) is 8.78 Å². The monoisotopic (exact) mass is 307 g/mol. The third-order valence-corrected chi connectivity index (χ3v) is 3.49. The fourth-order valence-corrected chi connectivity index (χ4v) is 2.54. The minimum absolute atomic E-state index is 0.258. The van der Waals surface area contributed by atoms with Crippen molar-refractivity contribution >= 4 is 22.8 Å². The summed E-state index contributed by atoms with van der Waals surface area (Å²) in [5, 5.41) is 0. The first kappa shape index (κ1) is 13.9. The van der Waals surface area contributed by atoms with Crippen LogP contribution in [0.2, 0.25) is 0 Å². The molecule has 0 saturated carbocycles. The molecule has 2 heterocycles. The molecule has 108 valence electrons. The molecular formula is C15H12ClF2N3. The van der Waals surface area contributed by atoms with E-state index in [9.17, 15) is 8.78 Å². The van der Waals surface area contributed by atoms with Crippen LogP contribution in [-0.2, 0) is 18.8 Å². The molecule has 3 aromatic rings. The van der Waals surface area contributed by atoms with Crippen LogP contribution in [0.25, 0.3) is 11.2 Å². The molecule has 0 amide bonds. The Bertz CT molecular complexity index is 765. The third-order valence-electron chi connectivity index (χ3n) is 3.25. The van der Waals surface area contributed by atoms with Gasteiger partial charge in [-0.15, -0.1) is 11.6 Å². The third kappa shape index (κ3) is 2.88. The largest absolute Gasteiger partial charge is 0.311 e. The molecule has 2 aromatic heterocycles. The summed E-state index contributed by atoms with van der Waals surface area (Å²) >= 11 is 5.90. The molecule has 0 fully saturated rings. The molecule has 0 radical (unpaired) electrons. The highest BCUT2D eigenvalue weighted by molar-refractivity contribution is 6.16. The summed E-state index contributed by atoms with van der Waals surface area (Å²) < 4.78 is 28.3. The van der Waals surface area contributed by atoms with Gasteiger partial charge in [0.15, 0.2) is 5.65 Å². The molecule has 3 rings (SSSR count). The average molecular weight is 308 g/mol. The number of hydrogen-bond acceptors (Lipinski definition) is 2. The predicted molar refractivity (Wildman–Crippen MR) is 77.1 cm³/mol. The maximum atomic E-state index is 13.2. The van der Waals surface area contributed by atoms with E-state index in [4.69, 9.17) is 11.6 Å². The number of halogens is 3. The van der Waals surface area contributed by atoms with E-state index in [0.717, 1.165) is 17.2 Å². The van der Waals surface area contributed by atoms with Gasteiger partial charge in [0.25, 0.3) is 0 Å². The quantitative estimate of drug-likeness (QED) is 0.688. The summed E-state index contributed by atoms with van der Waals surface area (Å²) in [6.45, 7) is 0.512. The van der Waals surface area contributed by atoms with Gasteiger partial charge in [-0.05, 0) is 36.2 Å². The van der Waals surface area contributed by atoms with Gasteiger partial charge in [-0.2, -0.15) is 0 Å². The first-order valence-corrected chi connectivity index (χ1v) is 7.02. The van der Waals surface area contributed by atoms with E-state index in [1.165, 1.54) is 12.1 Å². The lowest BCUT2D eigenvalue weighted by Gasteiger charge is -2.07. The van der Waals surface area contributed by atoms with Gasteiger partial charge in [0.1, 0.15) is 23.0 Å². The van der Waals surface area contributed by atoms with Crippen LogP contribution >= 0.6 is 11.6 Å². The van der Waals surface area contributed by atoms with Gasteiger partial charge >= 0.3 is 0 Å². The smallest absolute Gasteiger partial charge is 0.160 e. The Hall–Kier alpha value is -2.01. The molecule has 0 aliphatic carbocycles. The Morgan fingerprint density at radius 1 is 1.14 bits per heavy atom. The van der Waals surface area contributed by atoms with Crippen LogP contribution in [0.5, 0.6) is 0 Å². The first-order valence-electron chi connectivity index (χ1n) is 6.48. The molecule has 21 heavy (non-hydrogen) atoms. The molecule has 3 nitrogen and oxygen atoms in total. The van der Waals surface area contributed by atoms with Crippen LogP contribution in [0, 0.1) is 11.6 Å². The number of alkyl halides is 1. The number of imidazole rings is 1. The molecule has 0 aliphatic rings. The van der Waals surface area contributed by atoms with E-state index in [1.807, 2.05) is 10.6 Å². The zero-order valence-electron chi connectivity index (χ0n) is 11.1. The minimum Gasteiger partial charge on any atom is -0.311 e. The zero-order chi connectivity index (χ0) is 14.8. The minimum atomic E-state index is -0.573. The number of pyridine rings is 1. The fraction of sp³-hybridized carbons (Fsp3) is 0.200. The lowest BCUT2D eigenvalue weighted by Crippen LogP contribution is -2.06. The second kappa shape index (κ2) is 5.77. The number of nitrogens with zero attached hydrogens (tertiary/aromatic N) is 3. The van der Waals surface area contributed by atoms with Crippen molar-refractivity contribution in [2.24, 2.45) is 0 Å². The predicted octanol–water partition coefficient (Wildman–Crippen LogP) is 3.69. The lowest BCUT2D eigenvalue weighted by molar-refractivity contribution is 0.576. The van der Waals surface area contributed by atoms with E-state index in [2.05, 4.69) is 9.97 Å². The molecule has 6 heteroatoms. The van der Waals surface area contributed by atoms with Gasteiger partial charge in [0.2, 0.25) is 0 Å². The maximum Gasteiger partial charge on any atom is 0.160 e. The molecule has 0 bridgehead atoms. The highest BCUT2D eigenvalue weighted by atomic mass is 35.5. The van der Waals surface area contributed by atoms with Gasteiger partial charge in [0, 0.05) is 18.8 Å². The zero-order valence-corrected chi connectivity index (χ0v) is 11.8. The van der Waals surface area contributed by atoms with Crippen molar-refractivity contribution < 1.29 is 8.78 Å². The number of rotatable bonds is 4. The molecule has 0 saturated heterocycles. The standard InChI is InChI=1S/C15H12ClF2N3/c16-9-14-20-13-2-1-4-19-15(13)21(14)5-3-10-6-11(17)8-12(18)7-10/h1-2,4,6-8H,3,5,9H2. The number of aromatic nitrogens is 3. The van der Waals surface area contributed by atoms with E-state index < -0.39 is 11.6 Å². The van der Waals surface area contributed by atoms with Gasteiger partial charge in [-0.3, -0.25) is 0 Å². The summed E-state index contributed by atoms with van der Waals surface area (Å²) in [6, 6.07) is 7.18. The van der Waals surface area contributed by atoms with Gasteiger partial charge < -0.3 is 4.57 Å². The Labute approximate surface area is 125 Å². The van der Waals surface area contributed by atoms with Crippen molar-refractivity contribution in [3.05, 3.63) is 59.6 Å². The highest BCUT2D eigenvalue weighted by Crippen LogP contribution is 2.17. The van der Waals surface area contributed by atoms with E-state index in [0.29, 0.717) is 24.4 Å². The van der Waals surface area contributed by atoms with E-state index in [1.54, 1.807) is 12.3 Å². The second-order valence-corrected chi connectivity index (χ2v) is 4.95. The van der Waals surface area contributed by atoms with Crippen LogP contribution in [0.1, 0.15) is 11.4 Å². The Balaban J connectivity index is 1.90. The number of fused-ring (bicyclic) bond motifs is 1. The summed E-state index contributed by atoms with van der Waals surface area (Å²) in [7, 11) is 0. The Morgan fingerprint density at radius 3 is 2.62 bits per heavy atom. The lowest BCUT2D eigenvalue weighted by atomic mass is 10.1. The van der Waals surface area contributed by atoms with E-state index in [-0.39, 0.29) is 5.88 Å². The van der Waals surface area contributed by atoms with E-state index >= 15 is 0 Å². The average Bonchev–Trinajstić information content (AvgIpc) is 2.82. The molecule has 0 spiro atoms. The maximum absolute atomic E-state index is 13.2. The summed E-state index contributed by atoms with van der Waals surface area (Å²) in [5.74, 6) is -0.192. The highest BCUT2D eigenvalue weighted by Gasteiger charge is 2.11. The molecule has 0 unspecified atom stereocenters. The number of hydrogen-bond donors (Lipinski definition) is 0. The van der Waals surface area contributed by atoms with Crippen LogP contribution in [-0.4, -0.2) is 14.5 Å². The summed E-state index contributed by atoms with van der Waals surface area (Å²) in [5.41, 5.74) is 2.08. The Morgan fingerprint density at radius 2 is 1.90 bits per heavy atom. The van der Waals surface area contributed by atoms with Crippen molar-refractivity contribution in [2.45, 2.75) is 18.8 Å². The molecule has 0 N–H and O–H groups in total. The molecule has 1 aromatic carbocycles. The normalized spacial score (nSPS) is 11.2. The number of benzene rings is 1. The number of aryl methyl sites for hydroxylation is 2. The Kier molecular flexibility index (Phi) is 3.84. The van der Waals surface area contributed by atoms with Crippen molar-refractivity contribution in [1.29, 1.82) is 0 Å². The first-order chi connectivity index (χ1) is 10.2. The summed E-state index contributed by atoms with van der Waals surface area (Å²) in [6.07, 6.45) is 2.15. The van der Waals surface area contributed by atoms with Crippen molar-refractivity contribution in [3.63, 3.8) is 0 Å².